The van der Waals surface area contributed by atoms with Gasteiger partial charge >= 0.3 is 0 Å². The minimum Gasteiger partial charge on any atom is -0.386 e. The summed E-state index contributed by atoms with van der Waals surface area (Å²) in [5.41, 5.74) is 7.19. The summed E-state index contributed by atoms with van der Waals surface area (Å²) in [6.07, 6.45) is 0. The quantitative estimate of drug-likeness (QED) is 0.506. The first-order valence-corrected chi connectivity index (χ1v) is 5.56. The Hall–Kier alpha value is -1.07. The van der Waals surface area contributed by atoms with E-state index >= 15 is 0 Å². The predicted octanol–water partition coefficient (Wildman–Crippen LogP) is 2.55. The molecule has 0 aliphatic heterocycles. The summed E-state index contributed by atoms with van der Waals surface area (Å²) in [6, 6.07) is 5.61. The fourth-order valence-corrected chi connectivity index (χ4v) is 1.70. The number of hydrogen-bond acceptors (Lipinski definition) is 2. The molecule has 2 rings (SSSR count). The minimum absolute atomic E-state index is 0.227. The number of nitrogens with two attached hydrogens (primary N) is 1. The number of benzene rings is 1. The van der Waals surface area contributed by atoms with Gasteiger partial charge in [-0.15, -0.1) is 11.6 Å². The van der Waals surface area contributed by atoms with Crippen LogP contribution in [-0.4, -0.2) is 21.9 Å². The normalized spacial score (nSPS) is 12.3. The molecule has 0 bridgehead atoms. The number of nitrogens with one attached hydrogen (secondary N) is 1. The lowest BCUT2D eigenvalue weighted by atomic mass is 10.2. The monoisotopic (exact) mass is 286 g/mol. The summed E-state index contributed by atoms with van der Waals surface area (Å²) in [5, 5.41) is 7.88. The average molecular weight is 288 g/mol. The number of alkyl halides is 1. The largest absolute Gasteiger partial charge is 0.386 e. The molecule has 0 fully saturated rings. The first kappa shape index (κ1) is 10.4. The Bertz CT molecular complexity index is 520. The molecule has 0 atom stereocenters. The van der Waals surface area contributed by atoms with Crippen LogP contribution in [0.5, 0.6) is 0 Å². The minimum atomic E-state index is 0.227. The molecule has 0 saturated carbocycles. The van der Waals surface area contributed by atoms with E-state index in [2.05, 4.69) is 31.1 Å². The van der Waals surface area contributed by atoms with E-state index in [1.165, 1.54) is 0 Å². The molecule has 0 aliphatic carbocycles. The van der Waals surface area contributed by atoms with Crippen molar-refractivity contribution in [1.82, 2.24) is 10.2 Å². The molecular weight excluding hydrogens is 279 g/mol. The number of rotatable bonds is 2. The van der Waals surface area contributed by atoms with Crippen LogP contribution >= 0.6 is 27.5 Å². The van der Waals surface area contributed by atoms with Gasteiger partial charge < -0.3 is 5.73 Å². The number of nitrogens with zero attached hydrogens (tertiary/aromatic N) is 2. The summed E-state index contributed by atoms with van der Waals surface area (Å²) >= 11 is 8.91. The Morgan fingerprint density at radius 1 is 1.60 bits per heavy atom. The van der Waals surface area contributed by atoms with Gasteiger partial charge in [0, 0.05) is 5.39 Å². The molecule has 0 amide bonds. The van der Waals surface area contributed by atoms with Crippen molar-refractivity contribution in [1.29, 1.82) is 0 Å². The fraction of sp³-hybridized carbons (Fsp3) is 0.111. The molecule has 6 heteroatoms. The number of aromatic amines is 1. The second kappa shape index (κ2) is 4.20. The molecule has 0 radical (unpaired) electrons. The fourth-order valence-electron chi connectivity index (χ4n) is 1.23. The molecule has 0 unspecified atom stereocenters. The summed E-state index contributed by atoms with van der Waals surface area (Å²) in [6.45, 7) is 0. The van der Waals surface area contributed by atoms with Crippen molar-refractivity contribution in [2.45, 2.75) is 0 Å². The van der Waals surface area contributed by atoms with Crippen LogP contribution in [-0.2, 0) is 0 Å². The van der Waals surface area contributed by atoms with E-state index in [9.17, 15) is 0 Å². The topological polar surface area (TPSA) is 67.1 Å². The number of aliphatic imine (C=N–C) groups is 1. The van der Waals surface area contributed by atoms with Crippen molar-refractivity contribution in [3.63, 3.8) is 0 Å². The zero-order chi connectivity index (χ0) is 10.8. The maximum absolute atomic E-state index is 5.55. The van der Waals surface area contributed by atoms with E-state index in [-0.39, 0.29) is 5.88 Å². The summed E-state index contributed by atoms with van der Waals surface area (Å²) in [7, 11) is 0. The Morgan fingerprint density at radius 3 is 3.13 bits per heavy atom. The lowest BCUT2D eigenvalue weighted by Crippen LogP contribution is -2.12. The van der Waals surface area contributed by atoms with Gasteiger partial charge in [0.2, 0.25) is 0 Å². The molecule has 1 aromatic heterocycles. The molecular formula is C9H8BrClN4. The van der Waals surface area contributed by atoms with E-state index in [0.717, 1.165) is 21.2 Å². The van der Waals surface area contributed by atoms with E-state index < -0.39 is 0 Å². The van der Waals surface area contributed by atoms with Gasteiger partial charge in [-0.3, -0.25) is 5.10 Å². The SMILES string of the molecule is NC(CCl)=Nc1ccc2n[nH]c(Br)c2c1. The molecule has 0 spiro atoms. The standard InChI is InChI=1S/C9H8BrClN4/c10-9-6-3-5(13-8(12)4-11)1-2-7(6)14-15-9/h1-3H,4H2,(H2,12,13)(H,14,15). The molecule has 78 valence electrons. The van der Waals surface area contributed by atoms with Gasteiger partial charge in [0.05, 0.1) is 17.1 Å². The van der Waals surface area contributed by atoms with Crippen LogP contribution in [0.25, 0.3) is 10.9 Å². The van der Waals surface area contributed by atoms with E-state index in [1.54, 1.807) is 0 Å². The van der Waals surface area contributed by atoms with Crippen LogP contribution in [0.3, 0.4) is 0 Å². The van der Waals surface area contributed by atoms with Crippen LogP contribution < -0.4 is 5.73 Å². The van der Waals surface area contributed by atoms with Crippen molar-refractivity contribution >= 4 is 50.0 Å². The molecule has 2 aromatic rings. The lowest BCUT2D eigenvalue weighted by Gasteiger charge is -1.96. The number of fused-ring (bicyclic) bond motifs is 1. The zero-order valence-electron chi connectivity index (χ0n) is 7.67. The number of aromatic nitrogens is 2. The smallest absolute Gasteiger partial charge is 0.115 e. The van der Waals surface area contributed by atoms with E-state index in [1.807, 2.05) is 18.2 Å². The summed E-state index contributed by atoms with van der Waals surface area (Å²) < 4.78 is 0.832. The molecule has 1 aromatic carbocycles. The lowest BCUT2D eigenvalue weighted by molar-refractivity contribution is 1.10. The van der Waals surface area contributed by atoms with Gasteiger partial charge in [-0.25, -0.2) is 4.99 Å². The number of hydrogen-bond donors (Lipinski definition) is 2. The van der Waals surface area contributed by atoms with E-state index in [4.69, 9.17) is 17.3 Å². The van der Waals surface area contributed by atoms with Crippen LogP contribution in [0.15, 0.2) is 27.8 Å². The Kier molecular flexibility index (Phi) is 2.93. The third kappa shape index (κ3) is 2.13. The summed E-state index contributed by atoms with van der Waals surface area (Å²) in [5.74, 6) is 0.626. The van der Waals surface area contributed by atoms with E-state index in [0.29, 0.717) is 5.84 Å². The average Bonchev–Trinajstić information content (AvgIpc) is 2.60. The Balaban J connectivity index is 2.50. The highest BCUT2D eigenvalue weighted by Crippen LogP contribution is 2.25. The molecule has 4 nitrogen and oxygen atoms in total. The molecule has 0 saturated heterocycles. The third-order valence-corrected chi connectivity index (χ3v) is 2.78. The number of halogens is 2. The van der Waals surface area contributed by atoms with Crippen LogP contribution in [0, 0.1) is 0 Å². The maximum Gasteiger partial charge on any atom is 0.115 e. The molecule has 15 heavy (non-hydrogen) atoms. The van der Waals surface area contributed by atoms with Crippen LogP contribution in [0.2, 0.25) is 0 Å². The second-order valence-electron chi connectivity index (χ2n) is 2.98. The first-order valence-electron chi connectivity index (χ1n) is 4.23. The van der Waals surface area contributed by atoms with Crippen LogP contribution in [0.1, 0.15) is 0 Å². The highest BCUT2D eigenvalue weighted by molar-refractivity contribution is 9.10. The van der Waals surface area contributed by atoms with Crippen molar-refractivity contribution in [3.05, 3.63) is 22.8 Å². The molecule has 0 aliphatic rings. The zero-order valence-corrected chi connectivity index (χ0v) is 10.0. The van der Waals surface area contributed by atoms with Crippen molar-refractivity contribution in [2.24, 2.45) is 10.7 Å². The highest BCUT2D eigenvalue weighted by Gasteiger charge is 2.03. The summed E-state index contributed by atoms with van der Waals surface area (Å²) in [4.78, 5) is 4.15. The molecule has 3 N–H and O–H groups in total. The second-order valence-corrected chi connectivity index (χ2v) is 4.04. The van der Waals surface area contributed by atoms with Gasteiger partial charge in [0.15, 0.2) is 0 Å². The van der Waals surface area contributed by atoms with Crippen LogP contribution in [0.4, 0.5) is 5.69 Å². The Morgan fingerprint density at radius 2 is 2.40 bits per heavy atom. The third-order valence-electron chi connectivity index (χ3n) is 1.90. The Labute approximate surface area is 99.6 Å². The first-order chi connectivity index (χ1) is 7.20. The number of H-pyrrole nitrogens is 1. The van der Waals surface area contributed by atoms with Crippen molar-refractivity contribution in [3.8, 4) is 0 Å². The van der Waals surface area contributed by atoms with Crippen molar-refractivity contribution in [2.75, 3.05) is 5.88 Å². The van der Waals surface area contributed by atoms with Gasteiger partial charge in [0.1, 0.15) is 10.4 Å². The van der Waals surface area contributed by atoms with Crippen molar-refractivity contribution < 1.29 is 0 Å². The van der Waals surface area contributed by atoms with Gasteiger partial charge in [-0.1, -0.05) is 0 Å². The number of amidine groups is 1. The van der Waals surface area contributed by atoms with Gasteiger partial charge in [-0.05, 0) is 34.1 Å². The predicted molar refractivity (Wildman–Crippen MR) is 65.8 cm³/mol. The van der Waals surface area contributed by atoms with Gasteiger partial charge in [-0.2, -0.15) is 5.10 Å². The highest BCUT2D eigenvalue weighted by atomic mass is 79.9. The molecule has 1 heterocycles. The van der Waals surface area contributed by atoms with Gasteiger partial charge in [0.25, 0.3) is 0 Å². The maximum atomic E-state index is 5.55.